The lowest BCUT2D eigenvalue weighted by Gasteiger charge is -2.12. The zero-order valence-corrected chi connectivity index (χ0v) is 13.2. The number of aryl methyl sites for hydroxylation is 1. The third-order valence-electron chi connectivity index (χ3n) is 3.25. The molecule has 0 saturated carbocycles. The van der Waals surface area contributed by atoms with Crippen molar-refractivity contribution in [3.05, 3.63) is 51.5 Å². The number of thioether (sulfide) groups is 1. The standard InChI is InChI=1S/C15H14N2O2S2/c1-10-16-11(9-21-10)8-20-7-6-17-14(18)12-4-2-3-5-13(12)15(17)19/h2-5,9H,6-8H2,1H3. The number of carbonyl (C=O) groups is 2. The predicted octanol–water partition coefficient (Wildman–Crippen LogP) is 2.98. The molecule has 0 aliphatic carbocycles. The van der Waals surface area contributed by atoms with Crippen LogP contribution in [0.4, 0.5) is 0 Å². The van der Waals surface area contributed by atoms with Gasteiger partial charge in [0.2, 0.25) is 0 Å². The first-order valence-corrected chi connectivity index (χ1v) is 8.64. The second-order valence-corrected chi connectivity index (χ2v) is 6.89. The van der Waals surface area contributed by atoms with Crippen molar-refractivity contribution < 1.29 is 9.59 Å². The van der Waals surface area contributed by atoms with Crippen LogP contribution < -0.4 is 0 Å². The Hall–Kier alpha value is -1.66. The molecule has 0 spiro atoms. The van der Waals surface area contributed by atoms with Gasteiger partial charge in [-0.05, 0) is 19.1 Å². The van der Waals surface area contributed by atoms with Crippen molar-refractivity contribution in [2.75, 3.05) is 12.3 Å². The molecule has 21 heavy (non-hydrogen) atoms. The lowest BCUT2D eigenvalue weighted by atomic mass is 10.1. The topological polar surface area (TPSA) is 50.3 Å². The third kappa shape index (κ3) is 2.87. The first-order chi connectivity index (χ1) is 10.2. The van der Waals surface area contributed by atoms with E-state index < -0.39 is 0 Å². The van der Waals surface area contributed by atoms with Crippen molar-refractivity contribution in [1.82, 2.24) is 9.88 Å². The van der Waals surface area contributed by atoms with Crippen LogP contribution in [0.5, 0.6) is 0 Å². The van der Waals surface area contributed by atoms with Gasteiger partial charge in [-0.2, -0.15) is 11.8 Å². The SMILES string of the molecule is Cc1nc(CSCCN2C(=O)c3ccccc3C2=O)cs1. The number of fused-ring (bicyclic) bond motifs is 1. The first-order valence-electron chi connectivity index (χ1n) is 6.61. The number of imide groups is 1. The van der Waals surface area contributed by atoms with Gasteiger partial charge in [0.05, 0.1) is 21.8 Å². The molecule has 1 aliphatic heterocycles. The number of hydrogen-bond acceptors (Lipinski definition) is 5. The summed E-state index contributed by atoms with van der Waals surface area (Å²) in [5.74, 6) is 1.18. The molecule has 108 valence electrons. The lowest BCUT2D eigenvalue weighted by Crippen LogP contribution is -2.31. The Kier molecular flexibility index (Phi) is 4.07. The molecule has 0 unspecified atom stereocenters. The van der Waals surface area contributed by atoms with Gasteiger partial charge < -0.3 is 0 Å². The quantitative estimate of drug-likeness (QED) is 0.628. The molecule has 1 aliphatic rings. The third-order valence-corrected chi connectivity index (χ3v) is 5.05. The molecule has 1 aromatic carbocycles. The number of amides is 2. The monoisotopic (exact) mass is 318 g/mol. The van der Waals surface area contributed by atoms with Gasteiger partial charge in [-0.1, -0.05) is 12.1 Å². The smallest absolute Gasteiger partial charge is 0.261 e. The fourth-order valence-electron chi connectivity index (χ4n) is 2.25. The van der Waals surface area contributed by atoms with Crippen LogP contribution in [-0.4, -0.2) is 34.0 Å². The first kappa shape index (κ1) is 14.3. The second-order valence-electron chi connectivity index (χ2n) is 4.72. The average Bonchev–Trinajstić information content (AvgIpc) is 3.00. The van der Waals surface area contributed by atoms with Crippen LogP contribution in [0.25, 0.3) is 0 Å². The molecule has 0 atom stereocenters. The Bertz CT molecular complexity index is 661. The molecule has 0 saturated heterocycles. The van der Waals surface area contributed by atoms with Gasteiger partial charge in [-0.25, -0.2) is 4.98 Å². The molecular weight excluding hydrogens is 304 g/mol. The van der Waals surface area contributed by atoms with Gasteiger partial charge in [0, 0.05) is 23.4 Å². The van der Waals surface area contributed by atoms with Crippen molar-refractivity contribution in [2.45, 2.75) is 12.7 Å². The van der Waals surface area contributed by atoms with Crippen LogP contribution in [0, 0.1) is 6.92 Å². The highest BCUT2D eigenvalue weighted by Gasteiger charge is 2.34. The average molecular weight is 318 g/mol. The summed E-state index contributed by atoms with van der Waals surface area (Å²) in [5, 5.41) is 3.11. The van der Waals surface area contributed by atoms with E-state index in [0.29, 0.717) is 17.7 Å². The molecule has 0 bridgehead atoms. The predicted molar refractivity (Wildman–Crippen MR) is 84.8 cm³/mol. The number of nitrogens with zero attached hydrogens (tertiary/aromatic N) is 2. The van der Waals surface area contributed by atoms with E-state index in [1.807, 2.05) is 12.3 Å². The zero-order chi connectivity index (χ0) is 14.8. The van der Waals surface area contributed by atoms with Crippen molar-refractivity contribution >= 4 is 34.9 Å². The molecule has 2 amide bonds. The van der Waals surface area contributed by atoms with Crippen LogP contribution in [0.15, 0.2) is 29.6 Å². The minimum absolute atomic E-state index is 0.180. The van der Waals surface area contributed by atoms with Crippen molar-refractivity contribution in [1.29, 1.82) is 0 Å². The summed E-state index contributed by atoms with van der Waals surface area (Å²) in [6, 6.07) is 6.99. The highest BCUT2D eigenvalue weighted by molar-refractivity contribution is 7.98. The highest BCUT2D eigenvalue weighted by Crippen LogP contribution is 2.23. The lowest BCUT2D eigenvalue weighted by molar-refractivity contribution is 0.0664. The van der Waals surface area contributed by atoms with Gasteiger partial charge in [-0.15, -0.1) is 11.3 Å². The number of rotatable bonds is 5. The maximum Gasteiger partial charge on any atom is 0.261 e. The number of aromatic nitrogens is 1. The van der Waals surface area contributed by atoms with Crippen LogP contribution in [0.3, 0.4) is 0 Å². The Labute approximate surface area is 131 Å². The van der Waals surface area contributed by atoms with Crippen molar-refractivity contribution in [3.63, 3.8) is 0 Å². The van der Waals surface area contributed by atoms with E-state index in [0.717, 1.165) is 22.2 Å². The van der Waals surface area contributed by atoms with Crippen LogP contribution in [0.1, 0.15) is 31.4 Å². The van der Waals surface area contributed by atoms with E-state index in [4.69, 9.17) is 0 Å². The molecule has 0 N–H and O–H groups in total. The molecule has 2 aromatic rings. The highest BCUT2D eigenvalue weighted by atomic mass is 32.2. The van der Waals surface area contributed by atoms with Crippen LogP contribution in [-0.2, 0) is 5.75 Å². The van der Waals surface area contributed by atoms with Crippen LogP contribution in [0.2, 0.25) is 0 Å². The summed E-state index contributed by atoms with van der Waals surface area (Å²) in [5.41, 5.74) is 2.09. The molecule has 0 fully saturated rings. The molecule has 0 radical (unpaired) electrons. The summed E-state index contributed by atoms with van der Waals surface area (Å²) in [7, 11) is 0. The molecule has 4 nitrogen and oxygen atoms in total. The summed E-state index contributed by atoms with van der Waals surface area (Å²) in [6.07, 6.45) is 0. The van der Waals surface area contributed by atoms with Gasteiger partial charge >= 0.3 is 0 Å². The normalized spacial score (nSPS) is 13.9. The van der Waals surface area contributed by atoms with E-state index in [1.165, 1.54) is 4.90 Å². The van der Waals surface area contributed by atoms with E-state index in [9.17, 15) is 9.59 Å². The minimum Gasteiger partial charge on any atom is -0.274 e. The van der Waals surface area contributed by atoms with Crippen molar-refractivity contribution in [2.24, 2.45) is 0 Å². The van der Waals surface area contributed by atoms with Crippen LogP contribution >= 0.6 is 23.1 Å². The Morgan fingerprint density at radius 3 is 2.43 bits per heavy atom. The zero-order valence-electron chi connectivity index (χ0n) is 11.5. The van der Waals surface area contributed by atoms with E-state index >= 15 is 0 Å². The fourth-order valence-corrected chi connectivity index (χ4v) is 3.78. The van der Waals surface area contributed by atoms with Crippen molar-refractivity contribution in [3.8, 4) is 0 Å². The Balaban J connectivity index is 1.55. The number of benzene rings is 1. The second kappa shape index (κ2) is 5.99. The minimum atomic E-state index is -0.180. The molecule has 1 aromatic heterocycles. The van der Waals surface area contributed by atoms with E-state index in [2.05, 4.69) is 4.98 Å². The van der Waals surface area contributed by atoms with Gasteiger partial charge in [0.1, 0.15) is 0 Å². The number of carbonyl (C=O) groups excluding carboxylic acids is 2. The molecular formula is C15H14N2O2S2. The van der Waals surface area contributed by atoms with Gasteiger partial charge in [-0.3, -0.25) is 14.5 Å². The maximum absolute atomic E-state index is 12.2. The Morgan fingerprint density at radius 1 is 1.19 bits per heavy atom. The largest absolute Gasteiger partial charge is 0.274 e. The maximum atomic E-state index is 12.2. The summed E-state index contributed by atoms with van der Waals surface area (Å²) >= 11 is 3.32. The summed E-state index contributed by atoms with van der Waals surface area (Å²) < 4.78 is 0. The number of hydrogen-bond donors (Lipinski definition) is 0. The molecule has 3 rings (SSSR count). The molecule has 2 heterocycles. The molecule has 6 heteroatoms. The Morgan fingerprint density at radius 2 is 1.86 bits per heavy atom. The van der Waals surface area contributed by atoms with Gasteiger partial charge in [0.25, 0.3) is 11.8 Å². The van der Waals surface area contributed by atoms with Gasteiger partial charge in [0.15, 0.2) is 0 Å². The number of thiazole rings is 1. The van der Waals surface area contributed by atoms with E-state index in [-0.39, 0.29) is 11.8 Å². The summed E-state index contributed by atoms with van der Waals surface area (Å²) in [4.78, 5) is 30.0. The summed E-state index contributed by atoms with van der Waals surface area (Å²) in [6.45, 7) is 2.43. The fraction of sp³-hybridized carbons (Fsp3) is 0.267. The van der Waals surface area contributed by atoms with E-state index in [1.54, 1.807) is 47.4 Å².